The van der Waals surface area contributed by atoms with Gasteiger partial charge in [0.15, 0.2) is 11.6 Å². The Balaban J connectivity index is 8.81. The Morgan fingerprint density at radius 2 is 0.962 bits per heavy atom. The lowest BCUT2D eigenvalue weighted by Crippen LogP contribution is -2.69. The Hall–Kier alpha value is -1.27. The van der Waals surface area contributed by atoms with E-state index in [0.29, 0.717) is 57.8 Å². The van der Waals surface area contributed by atoms with Crippen LogP contribution in [-0.4, -0.2) is 81.0 Å². The maximum atomic E-state index is 16.4. The van der Waals surface area contributed by atoms with Crippen molar-refractivity contribution in [2.45, 2.75) is 188 Å². The molecular weight excluding hydrogens is 699 g/mol. The van der Waals surface area contributed by atoms with Crippen LogP contribution in [0.4, 0.5) is 0 Å². The van der Waals surface area contributed by atoms with E-state index in [9.17, 15) is 9.59 Å². The average Bonchev–Trinajstić information content (AvgIpc) is 3.15. The number of unbranched alkanes of at least 4 members (excludes halogenated alkanes) is 6. The maximum absolute atomic E-state index is 16.4. The van der Waals surface area contributed by atoms with Crippen LogP contribution in [0.1, 0.15) is 158 Å². The average molecular weight is 777 g/mol. The number of hydrogen-bond donors (Lipinski definition) is 0. The standard InChI is InChI=1S/C41H77O11P/c1-11-21-29-45-39(46-30-22-12-2)40(47-31-23-13-3,51-37(27-17-7)35(42)19-9)41(48-32-24-14-4,49-33-25-15-5)53(44,50-34-26-16-6)52-38(28-18-8)36(43)20-10/h19-20,37-39H,9-18,21-34H2,1-8H3. The quantitative estimate of drug-likeness (QED) is 0.0256. The molecule has 0 rings (SSSR count). The minimum Gasteiger partial charge on any atom is -0.348 e. The molecule has 4 atom stereocenters. The molecule has 0 radical (unpaired) electrons. The first-order valence-corrected chi connectivity index (χ1v) is 22.2. The van der Waals surface area contributed by atoms with Crippen LogP contribution in [-0.2, 0) is 51.6 Å². The molecule has 0 aliphatic carbocycles. The zero-order chi connectivity index (χ0) is 40.0. The molecular formula is C41H77O11P. The first-order valence-electron chi connectivity index (χ1n) is 20.7. The molecule has 0 aromatic heterocycles. The molecule has 0 bridgehead atoms. The van der Waals surface area contributed by atoms with E-state index >= 15 is 4.57 Å². The van der Waals surface area contributed by atoms with Crippen LogP contribution in [0.5, 0.6) is 0 Å². The smallest absolute Gasteiger partial charge is 0.348 e. The molecule has 0 N–H and O–H groups in total. The Labute approximate surface area is 323 Å². The normalized spacial score (nSPS) is 15.5. The van der Waals surface area contributed by atoms with Crippen LogP contribution in [0.15, 0.2) is 25.3 Å². The molecule has 0 heterocycles. The van der Waals surface area contributed by atoms with E-state index in [4.69, 9.17) is 37.5 Å². The molecule has 0 aliphatic rings. The lowest BCUT2D eigenvalue weighted by Gasteiger charge is -2.53. The highest BCUT2D eigenvalue weighted by Crippen LogP contribution is 2.68. The molecule has 0 aromatic rings. The van der Waals surface area contributed by atoms with Gasteiger partial charge in [-0.1, -0.05) is 120 Å². The zero-order valence-electron chi connectivity index (χ0n) is 34.8. The van der Waals surface area contributed by atoms with Crippen LogP contribution in [0.25, 0.3) is 0 Å². The van der Waals surface area contributed by atoms with E-state index in [1.807, 2.05) is 55.4 Å². The van der Waals surface area contributed by atoms with Crippen molar-refractivity contribution in [2.24, 2.45) is 0 Å². The highest BCUT2D eigenvalue weighted by atomic mass is 31.2. The summed E-state index contributed by atoms with van der Waals surface area (Å²) in [6.07, 6.45) is 8.11. The molecule has 0 aromatic carbocycles. The van der Waals surface area contributed by atoms with E-state index in [1.165, 1.54) is 6.08 Å². The van der Waals surface area contributed by atoms with E-state index in [0.717, 1.165) is 38.2 Å². The number of ketones is 2. The maximum Gasteiger partial charge on any atom is 0.396 e. The second-order valence-electron chi connectivity index (χ2n) is 13.3. The van der Waals surface area contributed by atoms with Gasteiger partial charge in [0, 0.05) is 13.2 Å². The SMILES string of the molecule is C=CC(=O)C(CCC)OC(OCCCC)(C(OCCCC)OCCCC)C(OCCCC)(OCCCC)P(=O)(OCCCC)OC(CCC)C(=O)C=C. The van der Waals surface area contributed by atoms with Gasteiger partial charge in [-0.3, -0.25) is 18.7 Å². The molecule has 0 saturated heterocycles. The van der Waals surface area contributed by atoms with Crippen molar-refractivity contribution in [1.29, 1.82) is 0 Å². The summed E-state index contributed by atoms with van der Waals surface area (Å²) < 4.78 is 70.2. The summed E-state index contributed by atoms with van der Waals surface area (Å²) in [5.74, 6) is -3.26. The van der Waals surface area contributed by atoms with Crippen molar-refractivity contribution in [3.63, 3.8) is 0 Å². The summed E-state index contributed by atoms with van der Waals surface area (Å²) in [6.45, 7) is 23.9. The molecule has 0 amide bonds. The van der Waals surface area contributed by atoms with Crippen LogP contribution >= 0.6 is 7.60 Å². The van der Waals surface area contributed by atoms with E-state index < -0.39 is 49.0 Å². The first-order chi connectivity index (χ1) is 25.6. The lowest BCUT2D eigenvalue weighted by atomic mass is 10.1. The van der Waals surface area contributed by atoms with Gasteiger partial charge in [-0.2, -0.15) is 0 Å². The summed E-state index contributed by atoms with van der Waals surface area (Å²) in [7, 11) is -4.90. The predicted octanol–water partition coefficient (Wildman–Crippen LogP) is 10.6. The van der Waals surface area contributed by atoms with Gasteiger partial charge < -0.3 is 32.9 Å². The van der Waals surface area contributed by atoms with Crippen LogP contribution in [0.2, 0.25) is 0 Å². The third-order valence-electron chi connectivity index (χ3n) is 8.53. The van der Waals surface area contributed by atoms with Crippen LogP contribution in [0, 0.1) is 0 Å². The number of hydrogen-bond acceptors (Lipinski definition) is 11. The summed E-state index contributed by atoms with van der Waals surface area (Å²) >= 11 is 0. The number of carbonyl (C=O) groups is 2. The van der Waals surface area contributed by atoms with E-state index in [1.54, 1.807) is 0 Å². The Morgan fingerprint density at radius 3 is 1.40 bits per heavy atom. The van der Waals surface area contributed by atoms with Gasteiger partial charge in [0.05, 0.1) is 26.4 Å². The Morgan fingerprint density at radius 1 is 0.566 bits per heavy atom. The molecule has 4 unspecified atom stereocenters. The number of rotatable bonds is 39. The highest BCUT2D eigenvalue weighted by molar-refractivity contribution is 7.55. The second kappa shape index (κ2) is 30.9. The lowest BCUT2D eigenvalue weighted by molar-refractivity contribution is -0.447. The molecule has 312 valence electrons. The Kier molecular flexibility index (Phi) is 30.1. The zero-order valence-corrected chi connectivity index (χ0v) is 35.7. The van der Waals surface area contributed by atoms with Crippen molar-refractivity contribution >= 4 is 19.2 Å². The highest BCUT2D eigenvalue weighted by Gasteiger charge is 2.75. The summed E-state index contributed by atoms with van der Waals surface area (Å²) in [5.41, 5.74) is -2.55. The third kappa shape index (κ3) is 16.8. The van der Waals surface area contributed by atoms with Gasteiger partial charge in [-0.15, -0.1) is 0 Å². The summed E-state index contributed by atoms with van der Waals surface area (Å²) in [6, 6.07) is 0. The van der Waals surface area contributed by atoms with Crippen molar-refractivity contribution in [1.82, 2.24) is 0 Å². The largest absolute Gasteiger partial charge is 0.396 e. The van der Waals surface area contributed by atoms with Crippen molar-refractivity contribution < 1.29 is 51.6 Å². The fourth-order valence-electron chi connectivity index (χ4n) is 5.26. The van der Waals surface area contributed by atoms with Gasteiger partial charge in [-0.25, -0.2) is 0 Å². The van der Waals surface area contributed by atoms with Gasteiger partial charge in [0.2, 0.25) is 6.29 Å². The second-order valence-corrected chi connectivity index (χ2v) is 15.4. The minimum absolute atomic E-state index is 0.0159. The fraction of sp³-hybridized carbons (Fsp3) is 0.854. The molecule has 0 fully saturated rings. The van der Waals surface area contributed by atoms with E-state index in [2.05, 4.69) is 13.2 Å². The first kappa shape index (κ1) is 51.7. The summed E-state index contributed by atoms with van der Waals surface area (Å²) in [5, 5.41) is 0. The van der Waals surface area contributed by atoms with Gasteiger partial charge >= 0.3 is 13.1 Å². The third-order valence-corrected chi connectivity index (χ3v) is 10.9. The van der Waals surface area contributed by atoms with Crippen molar-refractivity contribution in [2.75, 3.05) is 39.6 Å². The molecule has 0 saturated carbocycles. The topological polar surface area (TPSA) is 125 Å². The fourth-order valence-corrected chi connectivity index (χ4v) is 7.65. The summed E-state index contributed by atoms with van der Waals surface area (Å²) in [4.78, 5) is 27.1. The minimum atomic E-state index is -4.90. The van der Waals surface area contributed by atoms with Gasteiger partial charge in [0.25, 0.3) is 5.79 Å². The number of carbonyl (C=O) groups excluding carboxylic acids is 2. The Bertz CT molecular complexity index is 1000. The molecule has 53 heavy (non-hydrogen) atoms. The van der Waals surface area contributed by atoms with Gasteiger partial charge in [0.1, 0.15) is 12.2 Å². The predicted molar refractivity (Wildman–Crippen MR) is 212 cm³/mol. The van der Waals surface area contributed by atoms with Crippen molar-refractivity contribution in [3.05, 3.63) is 25.3 Å². The van der Waals surface area contributed by atoms with Crippen LogP contribution in [0.3, 0.4) is 0 Å². The van der Waals surface area contributed by atoms with Crippen LogP contribution < -0.4 is 0 Å². The van der Waals surface area contributed by atoms with Gasteiger partial charge in [-0.05, 0) is 63.5 Å². The molecule has 0 spiro atoms. The van der Waals surface area contributed by atoms with E-state index in [-0.39, 0.29) is 52.5 Å². The van der Waals surface area contributed by atoms with Crippen molar-refractivity contribution in [3.8, 4) is 0 Å². The molecule has 12 heteroatoms. The monoisotopic (exact) mass is 777 g/mol. The molecule has 0 aliphatic heterocycles. The number of ether oxygens (including phenoxy) is 6. The molecule has 11 nitrogen and oxygen atoms in total.